The van der Waals surface area contributed by atoms with E-state index in [0.29, 0.717) is 30.2 Å². The summed E-state index contributed by atoms with van der Waals surface area (Å²) in [6.07, 6.45) is 1.73. The molecule has 3 rings (SSSR count). The number of nitrogens with zero attached hydrogens (tertiary/aromatic N) is 1. The number of hydrogen-bond acceptors (Lipinski definition) is 5. The Hall–Kier alpha value is -3.22. The Morgan fingerprint density at radius 3 is 2.47 bits per heavy atom. The summed E-state index contributed by atoms with van der Waals surface area (Å²) < 4.78 is 16.2. The average Bonchev–Trinajstić information content (AvgIpc) is 3.27. The van der Waals surface area contributed by atoms with Crippen LogP contribution >= 0.6 is 0 Å². The lowest BCUT2D eigenvalue weighted by molar-refractivity contribution is -0.131. The van der Waals surface area contributed by atoms with Gasteiger partial charge in [-0.3, -0.25) is 9.59 Å². The summed E-state index contributed by atoms with van der Waals surface area (Å²) in [5, 5.41) is 2.72. The predicted octanol–water partition coefficient (Wildman–Crippen LogP) is 3.20. The lowest BCUT2D eigenvalue weighted by atomic mass is 10.0. The molecular formula is C23H28N2O5. The number of carbonyl (C=O) groups is 2. The molecule has 0 spiro atoms. The number of rotatable bonds is 8. The van der Waals surface area contributed by atoms with Crippen molar-refractivity contribution in [2.45, 2.75) is 25.8 Å². The fourth-order valence-electron chi connectivity index (χ4n) is 3.72. The summed E-state index contributed by atoms with van der Waals surface area (Å²) in [6, 6.07) is 12.3. The Morgan fingerprint density at radius 2 is 1.80 bits per heavy atom. The number of carbonyl (C=O) groups excluding carboxylic acids is 2. The van der Waals surface area contributed by atoms with Gasteiger partial charge >= 0.3 is 0 Å². The minimum atomic E-state index is -0.291. The summed E-state index contributed by atoms with van der Waals surface area (Å²) in [5.74, 6) is 1.73. The molecule has 1 unspecified atom stereocenters. The van der Waals surface area contributed by atoms with Crippen molar-refractivity contribution in [3.05, 3.63) is 53.6 Å². The highest BCUT2D eigenvalue weighted by atomic mass is 16.5. The molecule has 7 nitrogen and oxygen atoms in total. The van der Waals surface area contributed by atoms with Gasteiger partial charge in [0.2, 0.25) is 5.91 Å². The van der Waals surface area contributed by atoms with Crippen molar-refractivity contribution < 1.29 is 23.8 Å². The molecule has 1 heterocycles. The largest absolute Gasteiger partial charge is 0.497 e. The van der Waals surface area contributed by atoms with Crippen molar-refractivity contribution in [2.75, 3.05) is 33.9 Å². The Labute approximate surface area is 176 Å². The van der Waals surface area contributed by atoms with E-state index in [4.69, 9.17) is 14.2 Å². The number of methoxy groups -OCH3 is 2. The first kappa shape index (κ1) is 21.5. The maximum atomic E-state index is 12.9. The minimum absolute atomic E-state index is 0.0607. The molecule has 0 saturated carbocycles. The monoisotopic (exact) mass is 412 g/mol. The van der Waals surface area contributed by atoms with E-state index in [2.05, 4.69) is 5.32 Å². The third kappa shape index (κ3) is 4.84. The van der Waals surface area contributed by atoms with Gasteiger partial charge < -0.3 is 24.4 Å². The second-order valence-corrected chi connectivity index (χ2v) is 6.99. The van der Waals surface area contributed by atoms with Crippen LogP contribution in [0.2, 0.25) is 0 Å². The fourth-order valence-corrected chi connectivity index (χ4v) is 3.72. The zero-order valence-electron chi connectivity index (χ0n) is 17.6. The van der Waals surface area contributed by atoms with Gasteiger partial charge in [-0.1, -0.05) is 0 Å². The van der Waals surface area contributed by atoms with E-state index >= 15 is 0 Å². The number of benzene rings is 2. The highest BCUT2D eigenvalue weighted by Crippen LogP contribution is 2.38. The molecule has 0 aliphatic carbocycles. The fraction of sp³-hybridized carbons (Fsp3) is 0.391. The second-order valence-electron chi connectivity index (χ2n) is 6.99. The number of amides is 2. The van der Waals surface area contributed by atoms with Crippen LogP contribution in [0.25, 0.3) is 0 Å². The van der Waals surface area contributed by atoms with E-state index in [1.54, 1.807) is 43.4 Å². The zero-order chi connectivity index (χ0) is 21.5. The van der Waals surface area contributed by atoms with Crippen LogP contribution in [-0.2, 0) is 4.79 Å². The molecule has 2 aromatic rings. The molecule has 2 aromatic carbocycles. The summed E-state index contributed by atoms with van der Waals surface area (Å²) >= 11 is 0. The molecule has 0 aromatic heterocycles. The highest BCUT2D eigenvalue weighted by molar-refractivity contribution is 5.96. The third-order valence-corrected chi connectivity index (χ3v) is 5.20. The van der Waals surface area contributed by atoms with Crippen molar-refractivity contribution in [1.82, 2.24) is 10.2 Å². The van der Waals surface area contributed by atoms with Gasteiger partial charge in [0.1, 0.15) is 17.2 Å². The predicted molar refractivity (Wildman–Crippen MR) is 113 cm³/mol. The summed E-state index contributed by atoms with van der Waals surface area (Å²) in [5.41, 5.74) is 1.40. The molecule has 1 atom stereocenters. The van der Waals surface area contributed by atoms with Crippen molar-refractivity contribution in [3.8, 4) is 17.2 Å². The topological polar surface area (TPSA) is 77.1 Å². The third-order valence-electron chi connectivity index (χ3n) is 5.20. The summed E-state index contributed by atoms with van der Waals surface area (Å²) in [6.45, 7) is 3.05. The Morgan fingerprint density at radius 1 is 1.07 bits per heavy atom. The standard InChI is InChI=1S/C23H28N2O5/c1-4-30-17-9-7-16(8-10-17)23(27)24-15-22(26)25-13-5-6-20(25)19-14-18(28-2)11-12-21(19)29-3/h7-12,14,20H,4-6,13,15H2,1-3H3,(H,24,27). The molecule has 0 bridgehead atoms. The van der Waals surface area contributed by atoms with Crippen LogP contribution in [-0.4, -0.2) is 50.6 Å². The first-order valence-corrected chi connectivity index (χ1v) is 10.1. The molecular weight excluding hydrogens is 384 g/mol. The number of ether oxygens (including phenoxy) is 3. The van der Waals surface area contributed by atoms with Crippen LogP contribution in [0.15, 0.2) is 42.5 Å². The number of hydrogen-bond donors (Lipinski definition) is 1. The Balaban J connectivity index is 1.65. The van der Waals surface area contributed by atoms with Crippen LogP contribution in [0.5, 0.6) is 17.2 Å². The first-order valence-electron chi connectivity index (χ1n) is 10.1. The van der Waals surface area contributed by atoms with Gasteiger partial charge in [-0.2, -0.15) is 0 Å². The van der Waals surface area contributed by atoms with Gasteiger partial charge in [-0.25, -0.2) is 0 Å². The first-order chi connectivity index (χ1) is 14.6. The summed E-state index contributed by atoms with van der Waals surface area (Å²) in [4.78, 5) is 27.1. The quantitative estimate of drug-likeness (QED) is 0.721. The smallest absolute Gasteiger partial charge is 0.251 e. The van der Waals surface area contributed by atoms with Gasteiger partial charge in [0, 0.05) is 17.7 Å². The van der Waals surface area contributed by atoms with E-state index in [-0.39, 0.29) is 24.4 Å². The molecule has 160 valence electrons. The highest BCUT2D eigenvalue weighted by Gasteiger charge is 2.32. The van der Waals surface area contributed by atoms with Crippen molar-refractivity contribution >= 4 is 11.8 Å². The van der Waals surface area contributed by atoms with Crippen LogP contribution in [0, 0.1) is 0 Å². The zero-order valence-corrected chi connectivity index (χ0v) is 17.6. The van der Waals surface area contributed by atoms with Gasteiger partial charge in [0.05, 0.1) is 33.4 Å². The van der Waals surface area contributed by atoms with Crippen LogP contribution < -0.4 is 19.5 Å². The van der Waals surface area contributed by atoms with Crippen LogP contribution in [0.3, 0.4) is 0 Å². The lowest BCUT2D eigenvalue weighted by Gasteiger charge is -2.27. The molecule has 1 aliphatic rings. The van der Waals surface area contributed by atoms with E-state index in [1.165, 1.54) is 0 Å². The van der Waals surface area contributed by atoms with E-state index in [0.717, 1.165) is 24.2 Å². The normalized spacial score (nSPS) is 15.6. The Kier molecular flexibility index (Phi) is 7.17. The van der Waals surface area contributed by atoms with Crippen molar-refractivity contribution in [3.63, 3.8) is 0 Å². The minimum Gasteiger partial charge on any atom is -0.497 e. The van der Waals surface area contributed by atoms with Gasteiger partial charge in [-0.05, 0) is 62.2 Å². The van der Waals surface area contributed by atoms with E-state index in [1.807, 2.05) is 25.1 Å². The van der Waals surface area contributed by atoms with Gasteiger partial charge in [0.25, 0.3) is 5.91 Å². The molecule has 30 heavy (non-hydrogen) atoms. The second kappa shape index (κ2) is 10.0. The van der Waals surface area contributed by atoms with Gasteiger partial charge in [0.15, 0.2) is 0 Å². The molecule has 2 amide bonds. The average molecular weight is 412 g/mol. The number of likely N-dealkylation sites (tertiary alicyclic amines) is 1. The van der Waals surface area contributed by atoms with E-state index in [9.17, 15) is 9.59 Å². The molecule has 7 heteroatoms. The van der Waals surface area contributed by atoms with Crippen LogP contribution in [0.1, 0.15) is 41.7 Å². The lowest BCUT2D eigenvalue weighted by Crippen LogP contribution is -2.39. The maximum absolute atomic E-state index is 12.9. The molecule has 1 aliphatic heterocycles. The SMILES string of the molecule is CCOc1ccc(C(=O)NCC(=O)N2CCCC2c2cc(OC)ccc2OC)cc1. The maximum Gasteiger partial charge on any atom is 0.251 e. The Bertz CT molecular complexity index is 882. The van der Waals surface area contributed by atoms with Crippen molar-refractivity contribution in [1.29, 1.82) is 0 Å². The number of nitrogens with one attached hydrogen (secondary N) is 1. The molecule has 1 fully saturated rings. The molecule has 1 N–H and O–H groups in total. The van der Waals surface area contributed by atoms with Crippen LogP contribution in [0.4, 0.5) is 0 Å². The van der Waals surface area contributed by atoms with E-state index < -0.39 is 0 Å². The molecule has 1 saturated heterocycles. The van der Waals surface area contributed by atoms with Crippen molar-refractivity contribution in [2.24, 2.45) is 0 Å². The molecule has 0 radical (unpaired) electrons. The van der Waals surface area contributed by atoms with Gasteiger partial charge in [-0.15, -0.1) is 0 Å². The summed E-state index contributed by atoms with van der Waals surface area (Å²) in [7, 11) is 3.23.